The zero-order valence-corrected chi connectivity index (χ0v) is 13.5. The van der Waals surface area contributed by atoms with Crippen LogP contribution in [-0.4, -0.2) is 11.7 Å². The van der Waals surface area contributed by atoms with Gasteiger partial charge in [-0.3, -0.25) is 4.79 Å². The molecule has 0 saturated heterocycles. The Morgan fingerprint density at radius 1 is 1.29 bits per heavy atom. The molecule has 3 rings (SSSR count). The fourth-order valence-corrected chi connectivity index (χ4v) is 4.06. The Balaban J connectivity index is 1.83. The van der Waals surface area contributed by atoms with Crippen LogP contribution in [0, 0.1) is 5.82 Å². The maximum atomic E-state index is 13.1. The molecule has 1 heterocycles. The number of rotatable bonds is 2. The van der Waals surface area contributed by atoms with Gasteiger partial charge < -0.3 is 5.32 Å². The molecule has 2 aromatic carbocycles. The van der Waals surface area contributed by atoms with Crippen molar-refractivity contribution in [2.24, 2.45) is 0 Å². The first-order valence-electron chi connectivity index (χ1n) is 6.63. The number of halogens is 2. The van der Waals surface area contributed by atoms with Crippen molar-refractivity contribution in [2.75, 3.05) is 5.75 Å². The van der Waals surface area contributed by atoms with Gasteiger partial charge in [-0.15, -0.1) is 11.8 Å². The number of hydrogen-bond acceptors (Lipinski definition) is 2. The molecule has 0 spiro atoms. The molecule has 2 aromatic rings. The standard InChI is InChI=1S/C16H13BrFNOS/c17-13-9-10(18)5-6-11(13)16(20)19-14-7-8-21-15-4-2-1-3-12(14)15/h1-6,9,14H,7-8H2,(H,19,20). The summed E-state index contributed by atoms with van der Waals surface area (Å²) < 4.78 is 13.6. The molecule has 1 aliphatic heterocycles. The highest BCUT2D eigenvalue weighted by molar-refractivity contribution is 9.10. The van der Waals surface area contributed by atoms with E-state index in [2.05, 4.69) is 27.3 Å². The summed E-state index contributed by atoms with van der Waals surface area (Å²) in [6.45, 7) is 0. The maximum Gasteiger partial charge on any atom is 0.252 e. The van der Waals surface area contributed by atoms with Crippen LogP contribution >= 0.6 is 27.7 Å². The summed E-state index contributed by atoms with van der Waals surface area (Å²) in [5.41, 5.74) is 1.60. The number of fused-ring (bicyclic) bond motifs is 1. The lowest BCUT2D eigenvalue weighted by Crippen LogP contribution is -2.30. The monoisotopic (exact) mass is 365 g/mol. The molecular formula is C16H13BrFNOS. The second-order valence-electron chi connectivity index (χ2n) is 4.83. The molecule has 0 saturated carbocycles. The highest BCUT2D eigenvalue weighted by atomic mass is 79.9. The lowest BCUT2D eigenvalue weighted by Gasteiger charge is -2.26. The van der Waals surface area contributed by atoms with Gasteiger partial charge in [-0.25, -0.2) is 4.39 Å². The first-order chi connectivity index (χ1) is 10.1. The zero-order chi connectivity index (χ0) is 14.8. The van der Waals surface area contributed by atoms with Gasteiger partial charge in [0, 0.05) is 15.1 Å². The second kappa shape index (κ2) is 6.20. The lowest BCUT2D eigenvalue weighted by atomic mass is 10.0. The van der Waals surface area contributed by atoms with Gasteiger partial charge in [-0.2, -0.15) is 0 Å². The molecule has 1 atom stereocenters. The van der Waals surface area contributed by atoms with Crippen LogP contribution in [0.3, 0.4) is 0 Å². The van der Waals surface area contributed by atoms with Crippen LogP contribution < -0.4 is 5.32 Å². The van der Waals surface area contributed by atoms with E-state index < -0.39 is 0 Å². The number of hydrogen-bond donors (Lipinski definition) is 1. The Morgan fingerprint density at radius 2 is 2.10 bits per heavy atom. The van der Waals surface area contributed by atoms with Gasteiger partial charge in [-0.1, -0.05) is 18.2 Å². The minimum absolute atomic E-state index is 0.00639. The van der Waals surface area contributed by atoms with Gasteiger partial charge in [-0.05, 0) is 52.2 Å². The van der Waals surface area contributed by atoms with Gasteiger partial charge in [0.05, 0.1) is 11.6 Å². The van der Waals surface area contributed by atoms with Crippen molar-refractivity contribution in [2.45, 2.75) is 17.4 Å². The average molecular weight is 366 g/mol. The third kappa shape index (κ3) is 3.14. The summed E-state index contributed by atoms with van der Waals surface area (Å²) >= 11 is 5.05. The Labute approximate surface area is 135 Å². The fraction of sp³-hybridized carbons (Fsp3) is 0.188. The van der Waals surface area contributed by atoms with Crippen molar-refractivity contribution in [1.82, 2.24) is 5.32 Å². The largest absolute Gasteiger partial charge is 0.345 e. The third-order valence-corrected chi connectivity index (χ3v) is 5.22. The van der Waals surface area contributed by atoms with E-state index in [1.165, 1.54) is 23.1 Å². The lowest BCUT2D eigenvalue weighted by molar-refractivity contribution is 0.0934. The number of thioether (sulfide) groups is 1. The zero-order valence-electron chi connectivity index (χ0n) is 11.1. The van der Waals surface area contributed by atoms with Crippen LogP contribution in [0.5, 0.6) is 0 Å². The summed E-state index contributed by atoms with van der Waals surface area (Å²) in [5, 5.41) is 3.05. The van der Waals surface area contributed by atoms with Crippen molar-refractivity contribution in [3.63, 3.8) is 0 Å². The quantitative estimate of drug-likeness (QED) is 0.845. The topological polar surface area (TPSA) is 29.1 Å². The van der Waals surface area contributed by atoms with E-state index in [1.807, 2.05) is 30.0 Å². The Kier molecular flexibility index (Phi) is 4.31. The first-order valence-corrected chi connectivity index (χ1v) is 8.40. The van der Waals surface area contributed by atoms with E-state index in [1.54, 1.807) is 0 Å². The van der Waals surface area contributed by atoms with Crippen LogP contribution in [0.25, 0.3) is 0 Å². The average Bonchev–Trinajstić information content (AvgIpc) is 2.47. The van der Waals surface area contributed by atoms with Crippen LogP contribution in [0.1, 0.15) is 28.4 Å². The van der Waals surface area contributed by atoms with Crippen molar-refractivity contribution in [1.29, 1.82) is 0 Å². The molecule has 0 bridgehead atoms. The minimum atomic E-state index is -0.363. The van der Waals surface area contributed by atoms with E-state index in [0.29, 0.717) is 10.0 Å². The number of amides is 1. The normalized spacial score (nSPS) is 17.1. The fourth-order valence-electron chi connectivity index (χ4n) is 2.40. The molecular weight excluding hydrogens is 353 g/mol. The van der Waals surface area contributed by atoms with Crippen LogP contribution in [-0.2, 0) is 0 Å². The first kappa shape index (κ1) is 14.6. The molecule has 1 unspecified atom stereocenters. The van der Waals surface area contributed by atoms with Gasteiger partial charge in [0.1, 0.15) is 5.82 Å². The number of nitrogens with one attached hydrogen (secondary N) is 1. The van der Waals surface area contributed by atoms with Crippen molar-refractivity contribution >= 4 is 33.6 Å². The summed E-state index contributed by atoms with van der Waals surface area (Å²) in [6.07, 6.45) is 0.895. The number of carbonyl (C=O) groups excluding carboxylic acids is 1. The van der Waals surface area contributed by atoms with Crippen molar-refractivity contribution in [3.8, 4) is 0 Å². The minimum Gasteiger partial charge on any atom is -0.345 e. The van der Waals surface area contributed by atoms with Crippen molar-refractivity contribution < 1.29 is 9.18 Å². The molecule has 1 amide bonds. The van der Waals surface area contributed by atoms with Gasteiger partial charge >= 0.3 is 0 Å². The highest BCUT2D eigenvalue weighted by Crippen LogP contribution is 2.36. The molecule has 0 fully saturated rings. The third-order valence-electron chi connectivity index (χ3n) is 3.44. The summed E-state index contributed by atoms with van der Waals surface area (Å²) in [4.78, 5) is 13.6. The summed E-state index contributed by atoms with van der Waals surface area (Å²) in [6, 6.07) is 12.2. The smallest absolute Gasteiger partial charge is 0.252 e. The predicted molar refractivity (Wildman–Crippen MR) is 86.1 cm³/mol. The van der Waals surface area contributed by atoms with Crippen LogP contribution in [0.2, 0.25) is 0 Å². The molecule has 0 aromatic heterocycles. The van der Waals surface area contributed by atoms with Gasteiger partial charge in [0.2, 0.25) is 0 Å². The molecule has 2 nitrogen and oxygen atoms in total. The highest BCUT2D eigenvalue weighted by Gasteiger charge is 2.23. The van der Waals surface area contributed by atoms with E-state index in [9.17, 15) is 9.18 Å². The van der Waals surface area contributed by atoms with Crippen LogP contribution in [0.15, 0.2) is 51.8 Å². The molecule has 5 heteroatoms. The van der Waals surface area contributed by atoms with Gasteiger partial charge in [0.15, 0.2) is 0 Å². The predicted octanol–water partition coefficient (Wildman–Crippen LogP) is 4.56. The Hall–Kier alpha value is -1.33. The number of carbonyl (C=O) groups is 1. The summed E-state index contributed by atoms with van der Waals surface area (Å²) in [7, 11) is 0. The summed E-state index contributed by atoms with van der Waals surface area (Å²) in [5.74, 6) is 0.429. The molecule has 1 aliphatic rings. The SMILES string of the molecule is O=C(NC1CCSc2ccccc21)c1ccc(F)cc1Br. The van der Waals surface area contributed by atoms with E-state index >= 15 is 0 Å². The molecule has 0 aliphatic carbocycles. The molecule has 0 radical (unpaired) electrons. The maximum absolute atomic E-state index is 13.1. The molecule has 1 N–H and O–H groups in total. The Morgan fingerprint density at radius 3 is 2.90 bits per heavy atom. The second-order valence-corrected chi connectivity index (χ2v) is 6.82. The van der Waals surface area contributed by atoms with E-state index in [0.717, 1.165) is 17.7 Å². The molecule has 21 heavy (non-hydrogen) atoms. The van der Waals surface area contributed by atoms with Gasteiger partial charge in [0.25, 0.3) is 5.91 Å². The molecule has 108 valence electrons. The van der Waals surface area contributed by atoms with Crippen molar-refractivity contribution in [3.05, 3.63) is 63.9 Å². The Bertz CT molecular complexity index is 692. The number of benzene rings is 2. The van der Waals surface area contributed by atoms with E-state index in [-0.39, 0.29) is 17.8 Å². The van der Waals surface area contributed by atoms with E-state index in [4.69, 9.17) is 0 Å². The van der Waals surface area contributed by atoms with Crippen LogP contribution in [0.4, 0.5) is 4.39 Å².